The van der Waals surface area contributed by atoms with Crippen LogP contribution in [0.3, 0.4) is 0 Å². The van der Waals surface area contributed by atoms with Gasteiger partial charge < -0.3 is 20.4 Å². The van der Waals surface area contributed by atoms with Crippen LogP contribution >= 0.6 is 11.3 Å². The van der Waals surface area contributed by atoms with Gasteiger partial charge in [-0.25, -0.2) is 9.78 Å². The van der Waals surface area contributed by atoms with Gasteiger partial charge in [-0.1, -0.05) is 6.07 Å². The zero-order chi connectivity index (χ0) is 17.5. The fraction of sp³-hybridized carbons (Fsp3) is 0.412. The highest BCUT2D eigenvalue weighted by Gasteiger charge is 2.16. The topological polar surface area (TPSA) is 60.5 Å². The van der Waals surface area contributed by atoms with E-state index in [-0.39, 0.29) is 12.1 Å². The first kappa shape index (κ1) is 18.2. The lowest BCUT2D eigenvalue weighted by molar-refractivity contribution is 0.233. The van der Waals surface area contributed by atoms with E-state index in [9.17, 15) is 4.79 Å². The Morgan fingerprint density at radius 1 is 1.25 bits per heavy atom. The van der Waals surface area contributed by atoms with E-state index in [1.165, 1.54) is 4.88 Å². The van der Waals surface area contributed by atoms with Crippen molar-refractivity contribution in [1.82, 2.24) is 20.5 Å². The van der Waals surface area contributed by atoms with Crippen LogP contribution in [-0.2, 0) is 6.54 Å². The van der Waals surface area contributed by atoms with E-state index in [1.54, 1.807) is 17.5 Å². The van der Waals surface area contributed by atoms with Crippen molar-refractivity contribution in [2.24, 2.45) is 0 Å². The molecule has 24 heavy (non-hydrogen) atoms. The van der Waals surface area contributed by atoms with Crippen molar-refractivity contribution in [3.8, 4) is 0 Å². The molecule has 7 heteroatoms. The molecular weight excluding hydrogens is 322 g/mol. The molecule has 0 aromatic carbocycles. The van der Waals surface area contributed by atoms with Crippen LogP contribution in [0, 0.1) is 0 Å². The molecule has 130 valence electrons. The fourth-order valence-corrected chi connectivity index (χ4v) is 3.19. The summed E-state index contributed by atoms with van der Waals surface area (Å²) in [7, 11) is 7.92. The summed E-state index contributed by atoms with van der Waals surface area (Å²) in [6.07, 6.45) is 1.75. The molecule has 1 atom stereocenters. The second kappa shape index (κ2) is 8.65. The largest absolute Gasteiger partial charge is 0.363 e. The van der Waals surface area contributed by atoms with E-state index in [2.05, 4.69) is 32.0 Å². The van der Waals surface area contributed by atoms with Crippen molar-refractivity contribution >= 4 is 23.2 Å². The van der Waals surface area contributed by atoms with Gasteiger partial charge in [0.25, 0.3) is 0 Å². The number of nitrogens with one attached hydrogen (secondary N) is 2. The first-order chi connectivity index (χ1) is 11.5. The van der Waals surface area contributed by atoms with Gasteiger partial charge in [-0.3, -0.25) is 0 Å². The average molecular weight is 347 g/mol. The Kier molecular flexibility index (Phi) is 6.57. The molecule has 2 N–H and O–H groups in total. The lowest BCUT2D eigenvalue weighted by Crippen LogP contribution is -2.40. The Hall–Kier alpha value is -2.12. The summed E-state index contributed by atoms with van der Waals surface area (Å²) in [6.45, 7) is 1.04. The van der Waals surface area contributed by atoms with Crippen LogP contribution in [0.25, 0.3) is 0 Å². The number of hydrogen-bond acceptors (Lipinski definition) is 5. The number of hydrogen-bond donors (Lipinski definition) is 2. The molecule has 0 spiro atoms. The first-order valence-electron chi connectivity index (χ1n) is 7.81. The fourth-order valence-electron chi connectivity index (χ4n) is 2.27. The number of aromatic nitrogens is 1. The molecule has 2 amide bonds. The molecule has 2 aromatic heterocycles. The minimum atomic E-state index is -0.165. The molecule has 0 radical (unpaired) electrons. The molecule has 0 aliphatic heterocycles. The summed E-state index contributed by atoms with van der Waals surface area (Å²) in [4.78, 5) is 21.6. The average Bonchev–Trinajstić information content (AvgIpc) is 3.07. The van der Waals surface area contributed by atoms with E-state index in [4.69, 9.17) is 0 Å². The Morgan fingerprint density at radius 3 is 2.67 bits per heavy atom. The third kappa shape index (κ3) is 5.21. The summed E-state index contributed by atoms with van der Waals surface area (Å²) in [5, 5.41) is 7.90. The van der Waals surface area contributed by atoms with Gasteiger partial charge in [-0.05, 0) is 43.2 Å². The second-order valence-electron chi connectivity index (χ2n) is 5.98. The van der Waals surface area contributed by atoms with Crippen molar-refractivity contribution in [1.29, 1.82) is 0 Å². The SMILES string of the molecule is CN(C)c1cc(CNC(=O)NC[C@@H](c2cccs2)N(C)C)ccn1. The molecule has 0 unspecified atom stereocenters. The maximum Gasteiger partial charge on any atom is 0.315 e. The van der Waals surface area contributed by atoms with Crippen LogP contribution in [-0.4, -0.2) is 50.7 Å². The molecule has 0 aliphatic carbocycles. The van der Waals surface area contributed by atoms with Crippen molar-refractivity contribution in [3.63, 3.8) is 0 Å². The van der Waals surface area contributed by atoms with Gasteiger partial charge in [0.2, 0.25) is 0 Å². The molecule has 0 saturated heterocycles. The van der Waals surface area contributed by atoms with Crippen LogP contribution < -0.4 is 15.5 Å². The molecule has 2 rings (SSSR count). The van der Waals surface area contributed by atoms with Gasteiger partial charge in [-0.15, -0.1) is 11.3 Å². The van der Waals surface area contributed by atoms with E-state index in [0.29, 0.717) is 13.1 Å². The van der Waals surface area contributed by atoms with Crippen LogP contribution in [0.4, 0.5) is 10.6 Å². The molecule has 0 fully saturated rings. The number of rotatable bonds is 7. The lowest BCUT2D eigenvalue weighted by Gasteiger charge is -2.23. The van der Waals surface area contributed by atoms with Crippen LogP contribution in [0.15, 0.2) is 35.8 Å². The summed E-state index contributed by atoms with van der Waals surface area (Å²) < 4.78 is 0. The highest BCUT2D eigenvalue weighted by Crippen LogP contribution is 2.22. The number of carbonyl (C=O) groups is 1. The van der Waals surface area contributed by atoms with E-state index in [0.717, 1.165) is 11.4 Å². The van der Waals surface area contributed by atoms with Gasteiger partial charge in [0.1, 0.15) is 5.82 Å². The van der Waals surface area contributed by atoms with Crippen LogP contribution in [0.2, 0.25) is 0 Å². The zero-order valence-corrected chi connectivity index (χ0v) is 15.4. The van der Waals surface area contributed by atoms with Crippen molar-refractivity contribution in [2.75, 3.05) is 39.6 Å². The third-order valence-electron chi connectivity index (χ3n) is 3.67. The smallest absolute Gasteiger partial charge is 0.315 e. The standard InChI is InChI=1S/C17H25N5OS/c1-21(2)14(15-6-5-9-24-15)12-20-17(23)19-11-13-7-8-18-16(10-13)22(3)4/h5-10,14H,11-12H2,1-4H3,(H2,19,20,23)/t14-/m0/s1. The molecule has 0 saturated carbocycles. The van der Waals surface area contributed by atoms with Gasteiger partial charge in [0, 0.05) is 38.3 Å². The third-order valence-corrected chi connectivity index (χ3v) is 4.65. The molecule has 2 aromatic rings. The highest BCUT2D eigenvalue weighted by atomic mass is 32.1. The first-order valence-corrected chi connectivity index (χ1v) is 8.69. The quantitative estimate of drug-likeness (QED) is 0.807. The summed E-state index contributed by atoms with van der Waals surface area (Å²) in [5.74, 6) is 0.875. The Labute approximate surface area is 147 Å². The highest BCUT2D eigenvalue weighted by molar-refractivity contribution is 7.10. The number of nitrogens with zero attached hydrogens (tertiary/aromatic N) is 3. The minimum absolute atomic E-state index is 0.165. The molecule has 2 heterocycles. The number of thiophene rings is 1. The number of anilines is 1. The van der Waals surface area contributed by atoms with Gasteiger partial charge in [0.05, 0.1) is 6.04 Å². The molecule has 0 bridgehead atoms. The minimum Gasteiger partial charge on any atom is -0.363 e. The van der Waals surface area contributed by atoms with Gasteiger partial charge in [-0.2, -0.15) is 0 Å². The Morgan fingerprint density at radius 2 is 2.04 bits per heavy atom. The van der Waals surface area contributed by atoms with Crippen LogP contribution in [0.1, 0.15) is 16.5 Å². The second-order valence-corrected chi connectivity index (χ2v) is 6.95. The molecule has 6 nitrogen and oxygen atoms in total. The lowest BCUT2D eigenvalue weighted by atomic mass is 10.2. The molecule has 0 aliphatic rings. The maximum absolute atomic E-state index is 12.1. The maximum atomic E-state index is 12.1. The van der Waals surface area contributed by atoms with E-state index < -0.39 is 0 Å². The van der Waals surface area contributed by atoms with Crippen molar-refractivity contribution in [3.05, 3.63) is 46.3 Å². The number of carbonyl (C=O) groups excluding carboxylic acids is 1. The monoisotopic (exact) mass is 347 g/mol. The predicted molar refractivity (Wildman–Crippen MR) is 99.5 cm³/mol. The van der Waals surface area contributed by atoms with Crippen molar-refractivity contribution in [2.45, 2.75) is 12.6 Å². The van der Waals surface area contributed by atoms with Crippen molar-refractivity contribution < 1.29 is 4.79 Å². The number of pyridine rings is 1. The predicted octanol–water partition coefficient (Wildman–Crippen LogP) is 2.31. The summed E-state index contributed by atoms with van der Waals surface area (Å²) >= 11 is 1.70. The normalized spacial score (nSPS) is 12.0. The summed E-state index contributed by atoms with van der Waals surface area (Å²) in [5.41, 5.74) is 1.02. The zero-order valence-electron chi connectivity index (χ0n) is 14.6. The Bertz CT molecular complexity index is 642. The number of likely N-dealkylation sites (N-methyl/N-ethyl adjacent to an activating group) is 1. The number of amides is 2. The Balaban J connectivity index is 1.84. The van der Waals surface area contributed by atoms with Gasteiger partial charge in [0.15, 0.2) is 0 Å². The molecular formula is C17H25N5OS. The van der Waals surface area contributed by atoms with E-state index >= 15 is 0 Å². The van der Waals surface area contributed by atoms with Gasteiger partial charge >= 0.3 is 6.03 Å². The van der Waals surface area contributed by atoms with E-state index in [1.807, 2.05) is 51.3 Å². The number of urea groups is 1. The van der Waals surface area contributed by atoms with Crippen LogP contribution in [0.5, 0.6) is 0 Å². The summed E-state index contributed by atoms with van der Waals surface area (Å²) in [6, 6.07) is 8.01.